The van der Waals surface area contributed by atoms with Crippen molar-refractivity contribution in [1.82, 2.24) is 9.88 Å². The van der Waals surface area contributed by atoms with E-state index in [4.69, 9.17) is 9.15 Å². The average Bonchev–Trinajstić information content (AvgIpc) is 3.43. The summed E-state index contributed by atoms with van der Waals surface area (Å²) < 4.78 is 10.5. The number of pyridine rings is 1. The number of aliphatic hydroxyl groups is 1. The van der Waals surface area contributed by atoms with E-state index in [1.54, 1.807) is 73.1 Å². The van der Waals surface area contributed by atoms with E-state index in [0.717, 1.165) is 10.9 Å². The van der Waals surface area contributed by atoms with Crippen molar-refractivity contribution >= 4 is 28.6 Å². The highest BCUT2D eigenvalue weighted by molar-refractivity contribution is 6.16. The number of carbonyl (C=O) groups is 3. The van der Waals surface area contributed by atoms with E-state index in [9.17, 15) is 19.5 Å². The lowest BCUT2D eigenvalue weighted by Crippen LogP contribution is -2.30. The van der Waals surface area contributed by atoms with Gasteiger partial charge < -0.3 is 19.2 Å². The van der Waals surface area contributed by atoms with Crippen LogP contribution >= 0.6 is 0 Å². The van der Waals surface area contributed by atoms with Crippen LogP contribution < -0.4 is 0 Å². The minimum absolute atomic E-state index is 0.0139. The van der Waals surface area contributed by atoms with Crippen LogP contribution in [0.5, 0.6) is 0 Å². The van der Waals surface area contributed by atoms with E-state index in [2.05, 4.69) is 4.98 Å². The number of hydrogen-bond acceptors (Lipinski definition) is 7. The van der Waals surface area contributed by atoms with E-state index in [1.165, 1.54) is 12.0 Å². The molecule has 0 saturated carbocycles. The van der Waals surface area contributed by atoms with Gasteiger partial charge in [0.2, 0.25) is 5.78 Å². The zero-order chi connectivity index (χ0) is 24.5. The molecule has 1 N–H and O–H groups in total. The number of para-hydroxylation sites is 1. The molecule has 8 nitrogen and oxygen atoms in total. The first-order valence-corrected chi connectivity index (χ1v) is 10.8. The topological polar surface area (TPSA) is 110 Å². The number of nitrogens with zero attached hydrogens (tertiary/aromatic N) is 2. The Morgan fingerprint density at radius 1 is 1.09 bits per heavy atom. The van der Waals surface area contributed by atoms with Gasteiger partial charge in [-0.05, 0) is 41.5 Å². The van der Waals surface area contributed by atoms with Gasteiger partial charge in [-0.15, -0.1) is 0 Å². The Balaban J connectivity index is 1.59. The number of rotatable bonds is 6. The van der Waals surface area contributed by atoms with Crippen LogP contribution in [0.2, 0.25) is 0 Å². The summed E-state index contributed by atoms with van der Waals surface area (Å²) >= 11 is 0. The van der Waals surface area contributed by atoms with E-state index in [-0.39, 0.29) is 17.9 Å². The number of Topliss-reactive ketones (excluding diaryl/α,β-unsaturated/α-hetero) is 1. The number of aliphatic hydroxyl groups excluding tert-OH is 1. The van der Waals surface area contributed by atoms with Crippen LogP contribution in [-0.4, -0.2) is 39.8 Å². The molecule has 5 rings (SSSR count). The standard InChI is InChI=1S/C27H20N2O6/c1-34-27(33)18-10-8-17(9-11-18)23-22(24(30)21-13-19-6-2-3-7-20(19)35-21)25(31)26(32)29(23)15-16-5-4-12-28-14-16/h2-14,23,31H,15H2,1H3/t23-/m0/s1. The number of methoxy groups -OCH3 is 1. The predicted octanol–water partition coefficient (Wildman–Crippen LogP) is 4.39. The van der Waals surface area contributed by atoms with Crippen molar-refractivity contribution in [3.63, 3.8) is 0 Å². The first kappa shape index (κ1) is 22.1. The largest absolute Gasteiger partial charge is 0.503 e. The molecule has 1 atom stereocenters. The van der Waals surface area contributed by atoms with Gasteiger partial charge >= 0.3 is 5.97 Å². The van der Waals surface area contributed by atoms with Crippen LogP contribution in [0.1, 0.15) is 38.1 Å². The Hall–Kier alpha value is -4.72. The summed E-state index contributed by atoms with van der Waals surface area (Å²) in [7, 11) is 1.28. The van der Waals surface area contributed by atoms with E-state index >= 15 is 0 Å². The molecule has 0 radical (unpaired) electrons. The fourth-order valence-corrected chi connectivity index (χ4v) is 4.23. The van der Waals surface area contributed by atoms with Gasteiger partial charge in [0.25, 0.3) is 5.91 Å². The summed E-state index contributed by atoms with van der Waals surface area (Å²) in [4.78, 5) is 44.1. The van der Waals surface area contributed by atoms with Gasteiger partial charge in [0, 0.05) is 24.3 Å². The second-order valence-corrected chi connectivity index (χ2v) is 8.05. The number of amides is 1. The minimum Gasteiger partial charge on any atom is -0.503 e. The number of ketones is 1. The number of hydrogen-bond donors (Lipinski definition) is 1. The smallest absolute Gasteiger partial charge is 0.337 e. The lowest BCUT2D eigenvalue weighted by molar-refractivity contribution is -0.130. The van der Waals surface area contributed by atoms with Crippen molar-refractivity contribution in [2.45, 2.75) is 12.6 Å². The van der Waals surface area contributed by atoms with Crippen LogP contribution in [0.15, 0.2) is 94.9 Å². The zero-order valence-electron chi connectivity index (χ0n) is 18.7. The lowest BCUT2D eigenvalue weighted by Gasteiger charge is -2.26. The molecule has 4 aromatic rings. The molecule has 0 bridgehead atoms. The molecule has 1 amide bonds. The Labute approximate surface area is 200 Å². The Morgan fingerprint density at radius 3 is 2.54 bits per heavy atom. The van der Waals surface area contributed by atoms with Gasteiger partial charge in [0.15, 0.2) is 11.5 Å². The van der Waals surface area contributed by atoms with Crippen molar-refractivity contribution in [2.24, 2.45) is 0 Å². The SMILES string of the molecule is COC(=O)c1ccc([C@H]2C(C(=O)c3cc4ccccc4o3)=C(O)C(=O)N2Cc2cccnc2)cc1. The molecule has 0 unspecified atom stereocenters. The van der Waals surface area contributed by atoms with E-state index < -0.39 is 29.5 Å². The molecule has 8 heteroatoms. The van der Waals surface area contributed by atoms with Crippen molar-refractivity contribution < 1.29 is 28.6 Å². The molecule has 1 aliphatic rings. The molecule has 174 valence electrons. The Kier molecular flexibility index (Phi) is 5.62. The van der Waals surface area contributed by atoms with Gasteiger partial charge in [0.05, 0.1) is 24.3 Å². The average molecular weight is 468 g/mol. The number of carbonyl (C=O) groups excluding carboxylic acids is 3. The summed E-state index contributed by atoms with van der Waals surface area (Å²) in [6, 6.07) is 17.7. The van der Waals surface area contributed by atoms with Crippen molar-refractivity contribution in [2.75, 3.05) is 7.11 Å². The van der Waals surface area contributed by atoms with Crippen molar-refractivity contribution in [1.29, 1.82) is 0 Å². The minimum atomic E-state index is -0.907. The van der Waals surface area contributed by atoms with Crippen molar-refractivity contribution in [3.8, 4) is 0 Å². The second kappa shape index (κ2) is 8.90. The van der Waals surface area contributed by atoms with E-state index in [1.807, 2.05) is 6.07 Å². The van der Waals surface area contributed by atoms with Gasteiger partial charge in [-0.1, -0.05) is 36.4 Å². The third-order valence-corrected chi connectivity index (χ3v) is 5.92. The van der Waals surface area contributed by atoms with E-state index in [0.29, 0.717) is 16.7 Å². The van der Waals surface area contributed by atoms with Gasteiger partial charge in [-0.25, -0.2) is 4.79 Å². The molecule has 0 saturated heterocycles. The van der Waals surface area contributed by atoms with Crippen LogP contribution in [0, 0.1) is 0 Å². The number of aromatic nitrogens is 1. The summed E-state index contributed by atoms with van der Waals surface area (Å²) in [5, 5.41) is 11.6. The monoisotopic (exact) mass is 468 g/mol. The highest BCUT2D eigenvalue weighted by Gasteiger charge is 2.44. The molecule has 35 heavy (non-hydrogen) atoms. The first-order valence-electron chi connectivity index (χ1n) is 10.8. The molecule has 0 spiro atoms. The highest BCUT2D eigenvalue weighted by atomic mass is 16.5. The van der Waals surface area contributed by atoms with Gasteiger partial charge in [0.1, 0.15) is 5.58 Å². The molecule has 3 heterocycles. The molecular weight excluding hydrogens is 448 g/mol. The third kappa shape index (κ3) is 3.95. The Morgan fingerprint density at radius 2 is 1.86 bits per heavy atom. The quantitative estimate of drug-likeness (QED) is 0.330. The maximum absolute atomic E-state index is 13.6. The molecule has 1 aliphatic heterocycles. The van der Waals surface area contributed by atoms with Crippen LogP contribution in [0.4, 0.5) is 0 Å². The molecule has 2 aromatic carbocycles. The fourth-order valence-electron chi connectivity index (χ4n) is 4.23. The van der Waals surface area contributed by atoms with Crippen LogP contribution in [0.3, 0.4) is 0 Å². The predicted molar refractivity (Wildman–Crippen MR) is 126 cm³/mol. The number of fused-ring (bicyclic) bond motifs is 1. The summed E-state index contributed by atoms with van der Waals surface area (Å²) in [6.07, 6.45) is 3.23. The molecule has 2 aromatic heterocycles. The second-order valence-electron chi connectivity index (χ2n) is 8.05. The number of ether oxygens (including phenoxy) is 1. The fraction of sp³-hybridized carbons (Fsp3) is 0.111. The van der Waals surface area contributed by atoms with Gasteiger partial charge in [-0.2, -0.15) is 0 Å². The summed E-state index contributed by atoms with van der Waals surface area (Å²) in [6.45, 7) is 0.108. The van der Waals surface area contributed by atoms with Crippen LogP contribution in [0.25, 0.3) is 11.0 Å². The summed E-state index contributed by atoms with van der Waals surface area (Å²) in [5.74, 6) is -2.41. The molecule has 0 fully saturated rings. The number of benzene rings is 2. The summed E-state index contributed by atoms with van der Waals surface area (Å²) in [5.41, 5.74) is 2.01. The van der Waals surface area contributed by atoms with Crippen LogP contribution in [-0.2, 0) is 16.1 Å². The normalized spacial score (nSPS) is 15.6. The Bertz CT molecular complexity index is 1440. The maximum Gasteiger partial charge on any atom is 0.337 e. The molecular formula is C27H20N2O6. The number of esters is 1. The lowest BCUT2D eigenvalue weighted by atomic mass is 9.94. The maximum atomic E-state index is 13.6. The highest BCUT2D eigenvalue weighted by Crippen LogP contribution is 2.40. The van der Waals surface area contributed by atoms with Crippen molar-refractivity contribution in [3.05, 3.63) is 113 Å². The van der Waals surface area contributed by atoms with Gasteiger partial charge in [-0.3, -0.25) is 14.6 Å². The molecule has 0 aliphatic carbocycles. The zero-order valence-corrected chi connectivity index (χ0v) is 18.7. The number of furan rings is 1. The third-order valence-electron chi connectivity index (χ3n) is 5.92. The first-order chi connectivity index (χ1) is 17.0.